The van der Waals surface area contributed by atoms with Gasteiger partial charge in [0.25, 0.3) is 5.56 Å². The van der Waals surface area contributed by atoms with Crippen molar-refractivity contribution in [1.82, 2.24) is 19.7 Å². The van der Waals surface area contributed by atoms with Crippen LogP contribution in [0.4, 0.5) is 11.5 Å². The number of aromatic nitrogens is 4. The van der Waals surface area contributed by atoms with Crippen LogP contribution in [0.3, 0.4) is 0 Å². The zero-order valence-electron chi connectivity index (χ0n) is 12.2. The third-order valence-electron chi connectivity index (χ3n) is 3.68. The molecule has 0 N–H and O–H groups in total. The van der Waals surface area contributed by atoms with Gasteiger partial charge in [0.05, 0.1) is 11.9 Å². The van der Waals surface area contributed by atoms with Crippen molar-refractivity contribution in [2.45, 2.75) is 0 Å². The molecule has 3 heterocycles. The van der Waals surface area contributed by atoms with E-state index in [0.717, 1.165) is 18.8 Å². The van der Waals surface area contributed by atoms with E-state index in [2.05, 4.69) is 26.0 Å². The van der Waals surface area contributed by atoms with Gasteiger partial charge in [0.1, 0.15) is 6.07 Å². The molecule has 1 fully saturated rings. The molecule has 22 heavy (non-hydrogen) atoms. The normalized spacial score (nSPS) is 14.7. The third kappa shape index (κ3) is 2.61. The zero-order chi connectivity index (χ0) is 15.5. The Balaban J connectivity index is 1.74. The quantitative estimate of drug-likeness (QED) is 0.756. The molecule has 2 aromatic rings. The maximum atomic E-state index is 11.7. The maximum absolute atomic E-state index is 11.7. The van der Waals surface area contributed by atoms with E-state index in [1.165, 1.54) is 10.9 Å². The molecule has 0 amide bonds. The van der Waals surface area contributed by atoms with Crippen LogP contribution in [-0.2, 0) is 7.05 Å². The molecular formula is C14H15N7O. The third-order valence-corrected chi connectivity index (χ3v) is 3.68. The van der Waals surface area contributed by atoms with Gasteiger partial charge in [0.2, 0.25) is 0 Å². The number of piperazine rings is 1. The van der Waals surface area contributed by atoms with Crippen LogP contribution in [0.2, 0.25) is 0 Å². The summed E-state index contributed by atoms with van der Waals surface area (Å²) in [5.74, 6) is 0.617. The van der Waals surface area contributed by atoms with Crippen molar-refractivity contribution in [3.63, 3.8) is 0 Å². The van der Waals surface area contributed by atoms with Gasteiger partial charge in [-0.3, -0.25) is 4.79 Å². The molecule has 0 spiro atoms. The van der Waals surface area contributed by atoms with Crippen LogP contribution in [-0.4, -0.2) is 45.9 Å². The molecule has 1 aliphatic heterocycles. The average molecular weight is 297 g/mol. The van der Waals surface area contributed by atoms with Crippen molar-refractivity contribution >= 4 is 11.5 Å². The van der Waals surface area contributed by atoms with Crippen LogP contribution < -0.4 is 15.4 Å². The van der Waals surface area contributed by atoms with Crippen molar-refractivity contribution in [1.29, 1.82) is 5.26 Å². The van der Waals surface area contributed by atoms with Crippen LogP contribution in [0, 0.1) is 11.3 Å². The van der Waals surface area contributed by atoms with E-state index >= 15 is 0 Å². The fourth-order valence-corrected chi connectivity index (χ4v) is 2.45. The second-order valence-electron chi connectivity index (χ2n) is 4.99. The molecule has 0 saturated carbocycles. The van der Waals surface area contributed by atoms with E-state index < -0.39 is 0 Å². The molecule has 8 heteroatoms. The predicted octanol–water partition coefficient (Wildman–Crippen LogP) is -0.231. The monoisotopic (exact) mass is 297 g/mol. The van der Waals surface area contributed by atoms with E-state index in [4.69, 9.17) is 5.26 Å². The standard InChI is InChI=1S/C14H15N7O/c1-19-13(22)8-11(10-18-19)20-4-6-21(7-5-20)14-12(9-15)16-2-3-17-14/h2-3,8,10H,4-7H2,1H3. The molecular weight excluding hydrogens is 282 g/mol. The smallest absolute Gasteiger partial charge is 0.268 e. The number of hydrogen-bond donors (Lipinski definition) is 0. The molecule has 8 nitrogen and oxygen atoms in total. The summed E-state index contributed by atoms with van der Waals surface area (Å²) < 4.78 is 1.30. The largest absolute Gasteiger partial charge is 0.367 e. The molecule has 0 aromatic carbocycles. The Morgan fingerprint density at radius 3 is 2.50 bits per heavy atom. The summed E-state index contributed by atoms with van der Waals surface area (Å²) in [7, 11) is 1.63. The summed E-state index contributed by atoms with van der Waals surface area (Å²) in [6.07, 6.45) is 4.80. The lowest BCUT2D eigenvalue weighted by Crippen LogP contribution is -2.47. The average Bonchev–Trinajstić information content (AvgIpc) is 2.57. The van der Waals surface area contributed by atoms with E-state index in [-0.39, 0.29) is 5.56 Å². The van der Waals surface area contributed by atoms with Crippen molar-refractivity contribution in [3.05, 3.63) is 40.7 Å². The van der Waals surface area contributed by atoms with Gasteiger partial charge in [-0.2, -0.15) is 10.4 Å². The Morgan fingerprint density at radius 1 is 1.14 bits per heavy atom. The summed E-state index contributed by atoms with van der Waals surface area (Å²) in [4.78, 5) is 24.1. The van der Waals surface area contributed by atoms with Gasteiger partial charge in [-0.1, -0.05) is 0 Å². The lowest BCUT2D eigenvalue weighted by atomic mass is 10.2. The molecule has 2 aromatic heterocycles. The van der Waals surface area contributed by atoms with E-state index in [1.807, 2.05) is 4.90 Å². The first-order valence-electron chi connectivity index (χ1n) is 6.93. The summed E-state index contributed by atoms with van der Waals surface area (Å²) in [5, 5.41) is 13.1. The highest BCUT2D eigenvalue weighted by molar-refractivity contribution is 5.52. The van der Waals surface area contributed by atoms with Gasteiger partial charge in [-0.25, -0.2) is 14.6 Å². The molecule has 112 valence electrons. The van der Waals surface area contributed by atoms with Gasteiger partial charge < -0.3 is 9.80 Å². The molecule has 3 rings (SSSR count). The van der Waals surface area contributed by atoms with Crippen LogP contribution in [0.15, 0.2) is 29.5 Å². The minimum Gasteiger partial charge on any atom is -0.367 e. The van der Waals surface area contributed by atoms with E-state index in [0.29, 0.717) is 24.6 Å². The molecule has 1 aliphatic rings. The summed E-state index contributed by atoms with van der Waals surface area (Å²) in [5.41, 5.74) is 1.04. The lowest BCUT2D eigenvalue weighted by Gasteiger charge is -2.36. The van der Waals surface area contributed by atoms with Crippen molar-refractivity contribution in [2.75, 3.05) is 36.0 Å². The van der Waals surface area contributed by atoms with Gasteiger partial charge >= 0.3 is 0 Å². The topological polar surface area (TPSA) is 90.9 Å². The summed E-state index contributed by atoms with van der Waals surface area (Å²) in [6, 6.07) is 3.66. The minimum atomic E-state index is -0.124. The SMILES string of the molecule is Cn1ncc(N2CCN(c3nccnc3C#N)CC2)cc1=O. The fraction of sp³-hybridized carbons (Fsp3) is 0.357. The van der Waals surface area contributed by atoms with Crippen molar-refractivity contribution in [2.24, 2.45) is 7.05 Å². The first kappa shape index (κ1) is 14.0. The lowest BCUT2D eigenvalue weighted by molar-refractivity contribution is 0.636. The number of rotatable bonds is 2. The number of nitriles is 1. The second-order valence-corrected chi connectivity index (χ2v) is 4.99. The highest BCUT2D eigenvalue weighted by atomic mass is 16.1. The van der Waals surface area contributed by atoms with Crippen LogP contribution >= 0.6 is 0 Å². The number of hydrogen-bond acceptors (Lipinski definition) is 7. The number of anilines is 2. The van der Waals surface area contributed by atoms with Crippen LogP contribution in [0.1, 0.15) is 5.69 Å². The Hall–Kier alpha value is -2.95. The maximum Gasteiger partial charge on any atom is 0.268 e. The molecule has 0 aliphatic carbocycles. The van der Waals surface area contributed by atoms with Crippen LogP contribution in [0.25, 0.3) is 0 Å². The molecule has 0 atom stereocenters. The second kappa shape index (κ2) is 5.81. The molecule has 0 radical (unpaired) electrons. The van der Waals surface area contributed by atoms with E-state index in [9.17, 15) is 4.79 Å². The van der Waals surface area contributed by atoms with Crippen molar-refractivity contribution < 1.29 is 0 Å². The van der Waals surface area contributed by atoms with Gasteiger partial charge in [0, 0.05) is 51.7 Å². The summed E-state index contributed by atoms with van der Waals surface area (Å²) in [6.45, 7) is 2.89. The minimum absolute atomic E-state index is 0.124. The number of nitrogens with zero attached hydrogens (tertiary/aromatic N) is 7. The summed E-state index contributed by atoms with van der Waals surface area (Å²) >= 11 is 0. The zero-order valence-corrected chi connectivity index (χ0v) is 12.2. The molecule has 0 unspecified atom stereocenters. The Morgan fingerprint density at radius 2 is 1.82 bits per heavy atom. The van der Waals surface area contributed by atoms with Gasteiger partial charge in [-0.15, -0.1) is 0 Å². The van der Waals surface area contributed by atoms with Gasteiger partial charge in [0.15, 0.2) is 11.5 Å². The van der Waals surface area contributed by atoms with E-state index in [1.54, 1.807) is 25.5 Å². The van der Waals surface area contributed by atoms with Crippen LogP contribution in [0.5, 0.6) is 0 Å². The molecule has 0 bridgehead atoms. The first-order chi connectivity index (χ1) is 10.7. The van der Waals surface area contributed by atoms with Gasteiger partial charge in [-0.05, 0) is 0 Å². The Kier molecular flexibility index (Phi) is 3.70. The fourth-order valence-electron chi connectivity index (χ4n) is 2.45. The highest BCUT2D eigenvalue weighted by Gasteiger charge is 2.21. The molecule has 1 saturated heterocycles. The first-order valence-corrected chi connectivity index (χ1v) is 6.93. The number of aryl methyl sites for hydroxylation is 1. The highest BCUT2D eigenvalue weighted by Crippen LogP contribution is 2.19. The Labute approximate surface area is 127 Å². The Bertz CT molecular complexity index is 771. The van der Waals surface area contributed by atoms with Crippen molar-refractivity contribution in [3.8, 4) is 6.07 Å². The predicted molar refractivity (Wildman–Crippen MR) is 80.7 cm³/mol.